The molecule has 2 aromatic rings. The largest absolute Gasteiger partial charge is 0.319 e. The van der Waals surface area contributed by atoms with Gasteiger partial charge in [-0.05, 0) is 59.8 Å². The number of benzene rings is 2. The van der Waals surface area contributed by atoms with Gasteiger partial charge in [-0.2, -0.15) is 0 Å². The molecular formula is C17H15IN4O2. The highest BCUT2D eigenvalue weighted by molar-refractivity contribution is 14.1. The Balaban J connectivity index is 1.75. The summed E-state index contributed by atoms with van der Waals surface area (Å²) in [4.78, 5) is 28.5. The summed E-state index contributed by atoms with van der Waals surface area (Å²) in [5.74, 6) is -0.500. The van der Waals surface area contributed by atoms with Crippen LogP contribution in [0.4, 0.5) is 11.4 Å². The average molecular weight is 434 g/mol. The SMILES string of the molecule is Cc1ccc(N2NC(C(=O)Nc3cccc(I)c3)=NCC2=O)cc1. The maximum Gasteiger partial charge on any atom is 0.292 e. The summed E-state index contributed by atoms with van der Waals surface area (Å²) in [6.45, 7) is 1.90. The Hall–Kier alpha value is -2.42. The van der Waals surface area contributed by atoms with Crippen LogP contribution in [0, 0.1) is 10.5 Å². The number of rotatable bonds is 3. The summed E-state index contributed by atoms with van der Waals surface area (Å²) in [5.41, 5.74) is 5.23. The van der Waals surface area contributed by atoms with Gasteiger partial charge in [-0.1, -0.05) is 23.8 Å². The Labute approximate surface area is 153 Å². The highest BCUT2D eigenvalue weighted by atomic mass is 127. The van der Waals surface area contributed by atoms with Gasteiger partial charge in [0, 0.05) is 9.26 Å². The third-order valence-corrected chi connectivity index (χ3v) is 4.10. The fraction of sp³-hybridized carbons (Fsp3) is 0.118. The summed E-state index contributed by atoms with van der Waals surface area (Å²) in [5, 5.41) is 4.12. The number of carbonyl (C=O) groups is 2. The first-order valence-electron chi connectivity index (χ1n) is 7.30. The van der Waals surface area contributed by atoms with Crippen molar-refractivity contribution in [3.05, 3.63) is 57.7 Å². The van der Waals surface area contributed by atoms with Gasteiger partial charge in [0.25, 0.3) is 11.8 Å². The van der Waals surface area contributed by atoms with Crippen molar-refractivity contribution in [2.24, 2.45) is 4.99 Å². The van der Waals surface area contributed by atoms with E-state index < -0.39 is 0 Å². The fourth-order valence-corrected chi connectivity index (χ4v) is 2.75. The van der Waals surface area contributed by atoms with E-state index in [4.69, 9.17) is 0 Å². The normalized spacial score (nSPS) is 14.0. The molecule has 0 spiro atoms. The number of nitrogens with one attached hydrogen (secondary N) is 2. The molecule has 0 saturated carbocycles. The van der Waals surface area contributed by atoms with E-state index >= 15 is 0 Å². The van der Waals surface area contributed by atoms with Crippen LogP contribution in [0.25, 0.3) is 0 Å². The number of halogens is 1. The van der Waals surface area contributed by atoms with Gasteiger partial charge in [-0.25, -0.2) is 5.01 Å². The highest BCUT2D eigenvalue weighted by Crippen LogP contribution is 2.16. The van der Waals surface area contributed by atoms with Crippen LogP contribution in [0.15, 0.2) is 53.5 Å². The Bertz CT molecular complexity index is 818. The van der Waals surface area contributed by atoms with Gasteiger partial charge >= 0.3 is 0 Å². The lowest BCUT2D eigenvalue weighted by atomic mass is 10.2. The molecule has 7 heteroatoms. The third kappa shape index (κ3) is 3.73. The molecule has 2 N–H and O–H groups in total. The summed E-state index contributed by atoms with van der Waals surface area (Å²) in [7, 11) is 0. The van der Waals surface area contributed by atoms with Crippen molar-refractivity contribution in [3.8, 4) is 0 Å². The van der Waals surface area contributed by atoms with E-state index in [2.05, 4.69) is 38.3 Å². The molecule has 1 aliphatic heterocycles. The number of amidine groups is 1. The number of carbonyl (C=O) groups excluding carboxylic acids is 2. The summed E-state index contributed by atoms with van der Waals surface area (Å²) in [6.07, 6.45) is 0. The molecule has 2 aromatic carbocycles. The molecule has 3 rings (SSSR count). The van der Waals surface area contributed by atoms with Crippen LogP contribution < -0.4 is 15.8 Å². The molecular weight excluding hydrogens is 419 g/mol. The topological polar surface area (TPSA) is 73.8 Å². The zero-order valence-electron chi connectivity index (χ0n) is 12.9. The van der Waals surface area contributed by atoms with E-state index in [9.17, 15) is 9.59 Å². The summed E-state index contributed by atoms with van der Waals surface area (Å²) < 4.78 is 1.01. The molecule has 2 amide bonds. The summed E-state index contributed by atoms with van der Waals surface area (Å²) >= 11 is 2.17. The van der Waals surface area contributed by atoms with E-state index in [0.29, 0.717) is 11.4 Å². The van der Waals surface area contributed by atoms with E-state index in [0.717, 1.165) is 9.13 Å². The van der Waals surface area contributed by atoms with Crippen LogP contribution in [0.2, 0.25) is 0 Å². The van der Waals surface area contributed by atoms with E-state index in [1.165, 1.54) is 5.01 Å². The molecule has 1 aliphatic rings. The number of hydrogen-bond donors (Lipinski definition) is 2. The zero-order chi connectivity index (χ0) is 17.1. The fourth-order valence-electron chi connectivity index (χ4n) is 2.20. The molecule has 0 bridgehead atoms. The Morgan fingerprint density at radius 1 is 1.25 bits per heavy atom. The minimum atomic E-state index is -0.387. The molecule has 122 valence electrons. The minimum Gasteiger partial charge on any atom is -0.319 e. The van der Waals surface area contributed by atoms with Gasteiger partial charge in [-0.15, -0.1) is 0 Å². The molecule has 0 aromatic heterocycles. The van der Waals surface area contributed by atoms with Crippen LogP contribution in [-0.4, -0.2) is 24.2 Å². The van der Waals surface area contributed by atoms with Gasteiger partial charge in [0.15, 0.2) is 0 Å². The van der Waals surface area contributed by atoms with Crippen molar-refractivity contribution in [2.45, 2.75) is 6.92 Å². The van der Waals surface area contributed by atoms with E-state index in [1.807, 2.05) is 49.4 Å². The Morgan fingerprint density at radius 2 is 2.00 bits per heavy atom. The lowest BCUT2D eigenvalue weighted by Crippen LogP contribution is -2.54. The van der Waals surface area contributed by atoms with Crippen molar-refractivity contribution >= 4 is 51.6 Å². The summed E-state index contributed by atoms with van der Waals surface area (Å²) in [6, 6.07) is 14.9. The maximum atomic E-state index is 12.4. The second-order valence-corrected chi connectivity index (χ2v) is 6.55. The van der Waals surface area contributed by atoms with Crippen LogP contribution >= 0.6 is 22.6 Å². The van der Waals surface area contributed by atoms with Crippen molar-refractivity contribution in [3.63, 3.8) is 0 Å². The molecule has 6 nitrogen and oxygen atoms in total. The number of amides is 2. The van der Waals surface area contributed by atoms with Gasteiger partial charge in [0.1, 0.15) is 6.54 Å². The Morgan fingerprint density at radius 3 is 2.71 bits per heavy atom. The first-order chi connectivity index (χ1) is 11.5. The molecule has 24 heavy (non-hydrogen) atoms. The first kappa shape index (κ1) is 16.4. The molecule has 1 heterocycles. The first-order valence-corrected chi connectivity index (χ1v) is 8.38. The lowest BCUT2D eigenvalue weighted by Gasteiger charge is -2.27. The zero-order valence-corrected chi connectivity index (χ0v) is 15.1. The number of hydrazine groups is 1. The molecule has 0 fully saturated rings. The quantitative estimate of drug-likeness (QED) is 0.730. The van der Waals surface area contributed by atoms with Crippen molar-refractivity contribution in [1.82, 2.24) is 5.43 Å². The number of nitrogens with zero attached hydrogens (tertiary/aromatic N) is 2. The van der Waals surface area contributed by atoms with Crippen molar-refractivity contribution in [1.29, 1.82) is 0 Å². The van der Waals surface area contributed by atoms with Crippen molar-refractivity contribution in [2.75, 3.05) is 16.9 Å². The molecule has 0 unspecified atom stereocenters. The predicted molar refractivity (Wildman–Crippen MR) is 102 cm³/mol. The molecule has 0 radical (unpaired) electrons. The lowest BCUT2D eigenvalue weighted by molar-refractivity contribution is -0.118. The molecule has 0 aliphatic carbocycles. The van der Waals surface area contributed by atoms with Gasteiger partial charge in [0.2, 0.25) is 5.84 Å². The van der Waals surface area contributed by atoms with Gasteiger partial charge in [0.05, 0.1) is 5.69 Å². The van der Waals surface area contributed by atoms with E-state index in [1.54, 1.807) is 6.07 Å². The van der Waals surface area contributed by atoms with E-state index in [-0.39, 0.29) is 24.2 Å². The number of aryl methyl sites for hydroxylation is 1. The monoisotopic (exact) mass is 434 g/mol. The van der Waals surface area contributed by atoms with Crippen LogP contribution in [0.5, 0.6) is 0 Å². The minimum absolute atomic E-state index is 0.0735. The second kappa shape index (κ2) is 7.00. The van der Waals surface area contributed by atoms with Crippen molar-refractivity contribution < 1.29 is 9.59 Å². The maximum absolute atomic E-state index is 12.4. The molecule has 0 saturated heterocycles. The average Bonchev–Trinajstić information content (AvgIpc) is 2.56. The van der Waals surface area contributed by atoms with Crippen LogP contribution in [0.1, 0.15) is 5.56 Å². The van der Waals surface area contributed by atoms with Gasteiger partial charge in [-0.3, -0.25) is 20.0 Å². The van der Waals surface area contributed by atoms with Crippen LogP contribution in [0.3, 0.4) is 0 Å². The Kier molecular flexibility index (Phi) is 4.79. The number of anilines is 2. The smallest absolute Gasteiger partial charge is 0.292 e. The standard InChI is InChI=1S/C17H15IN4O2/c1-11-5-7-14(8-6-11)22-15(23)10-19-16(21-22)17(24)20-13-4-2-3-12(18)9-13/h2-9H,10H2,1H3,(H,19,21)(H,20,24). The number of aliphatic imine (C=N–C) groups is 1. The second-order valence-electron chi connectivity index (χ2n) is 5.31. The number of hydrogen-bond acceptors (Lipinski definition) is 4. The third-order valence-electron chi connectivity index (χ3n) is 3.43. The highest BCUT2D eigenvalue weighted by Gasteiger charge is 2.25. The van der Waals surface area contributed by atoms with Crippen LogP contribution in [-0.2, 0) is 9.59 Å². The van der Waals surface area contributed by atoms with Gasteiger partial charge < -0.3 is 5.32 Å². The molecule has 0 atom stereocenters. The predicted octanol–water partition coefficient (Wildman–Crippen LogP) is 2.49.